The molecule has 4 aliphatic rings. The fourth-order valence-electron chi connectivity index (χ4n) is 8.72. The van der Waals surface area contributed by atoms with Crippen LogP contribution in [0.15, 0.2) is 0 Å². The maximum absolute atomic E-state index is 15.8. The number of aliphatic hydroxyl groups is 2. The first-order chi connectivity index (χ1) is 13.6. The number of halogens is 1. The molecule has 4 rings (SSSR count). The van der Waals surface area contributed by atoms with Crippen LogP contribution in [0.1, 0.15) is 78.6 Å². The molecule has 3 unspecified atom stereocenters. The minimum atomic E-state index is -1.21. The number of carboxylic acid groups (broad SMARTS) is 1. The van der Waals surface area contributed by atoms with Crippen LogP contribution >= 0.6 is 0 Å². The van der Waals surface area contributed by atoms with Gasteiger partial charge >= 0.3 is 5.97 Å². The van der Waals surface area contributed by atoms with Crippen molar-refractivity contribution < 1.29 is 24.5 Å². The normalized spacial score (nSPS) is 52.9. The Labute approximate surface area is 174 Å². The molecule has 0 aromatic carbocycles. The molecule has 0 bridgehead atoms. The Hall–Kier alpha value is -0.680. The lowest BCUT2D eigenvalue weighted by Crippen LogP contribution is -2.63. The largest absolute Gasteiger partial charge is 0.481 e. The van der Waals surface area contributed by atoms with E-state index in [9.17, 15) is 15.0 Å². The van der Waals surface area contributed by atoms with Gasteiger partial charge in [-0.25, -0.2) is 4.39 Å². The van der Waals surface area contributed by atoms with Crippen LogP contribution in [0.5, 0.6) is 0 Å². The number of alkyl halides is 1. The first-order valence-corrected chi connectivity index (χ1v) is 11.8. The topological polar surface area (TPSA) is 77.8 Å². The Balaban J connectivity index is 1.59. The highest BCUT2D eigenvalue weighted by atomic mass is 19.1. The maximum Gasteiger partial charge on any atom is 0.303 e. The molecule has 0 heterocycles. The van der Waals surface area contributed by atoms with Crippen molar-refractivity contribution in [3.8, 4) is 0 Å². The van der Waals surface area contributed by atoms with E-state index in [1.54, 1.807) is 0 Å². The van der Waals surface area contributed by atoms with Crippen LogP contribution < -0.4 is 0 Å². The summed E-state index contributed by atoms with van der Waals surface area (Å²) in [7, 11) is 0. The number of carbonyl (C=O) groups is 1. The van der Waals surface area contributed by atoms with Crippen molar-refractivity contribution in [1.82, 2.24) is 0 Å². The van der Waals surface area contributed by atoms with Crippen molar-refractivity contribution in [3.63, 3.8) is 0 Å². The summed E-state index contributed by atoms with van der Waals surface area (Å²) in [5.41, 5.74) is -0.0409. The summed E-state index contributed by atoms with van der Waals surface area (Å²) in [5, 5.41) is 30.2. The molecule has 0 aromatic rings. The Morgan fingerprint density at radius 2 is 1.69 bits per heavy atom. The first kappa shape index (κ1) is 21.5. The third-order valence-corrected chi connectivity index (χ3v) is 10.2. The van der Waals surface area contributed by atoms with Gasteiger partial charge in [0.05, 0.1) is 12.2 Å². The second-order valence-corrected chi connectivity index (χ2v) is 11.4. The quantitative estimate of drug-likeness (QED) is 0.641. The summed E-state index contributed by atoms with van der Waals surface area (Å²) in [4.78, 5) is 11.0. The summed E-state index contributed by atoms with van der Waals surface area (Å²) in [6.07, 6.45) is 4.59. The van der Waals surface area contributed by atoms with E-state index in [0.29, 0.717) is 24.7 Å². The van der Waals surface area contributed by atoms with Gasteiger partial charge < -0.3 is 15.3 Å². The van der Waals surface area contributed by atoms with Crippen molar-refractivity contribution in [3.05, 3.63) is 0 Å². The first-order valence-electron chi connectivity index (χ1n) is 11.8. The number of aliphatic hydroxyl groups excluding tert-OH is 2. The predicted molar refractivity (Wildman–Crippen MR) is 109 cm³/mol. The highest BCUT2D eigenvalue weighted by Crippen LogP contribution is 2.68. The number of fused-ring (bicyclic) bond motifs is 5. The molecule has 4 saturated carbocycles. The molecule has 5 heteroatoms. The lowest BCUT2D eigenvalue weighted by Gasteiger charge is -2.63. The van der Waals surface area contributed by atoms with Gasteiger partial charge in [0.1, 0.15) is 6.17 Å². The monoisotopic (exact) mass is 410 g/mol. The molecule has 0 radical (unpaired) electrons. The molecule has 0 saturated heterocycles. The van der Waals surface area contributed by atoms with E-state index >= 15 is 4.39 Å². The summed E-state index contributed by atoms with van der Waals surface area (Å²) in [5.74, 6) is 0.346. The Bertz CT molecular complexity index is 640. The average molecular weight is 411 g/mol. The summed E-state index contributed by atoms with van der Waals surface area (Å²) < 4.78 is 15.8. The molecule has 3 N–H and O–H groups in total. The third kappa shape index (κ3) is 3.26. The molecule has 4 fully saturated rings. The van der Waals surface area contributed by atoms with Crippen LogP contribution in [0.3, 0.4) is 0 Å². The summed E-state index contributed by atoms with van der Waals surface area (Å²) >= 11 is 0. The molecular weight excluding hydrogens is 371 g/mol. The molecule has 0 aliphatic heterocycles. The van der Waals surface area contributed by atoms with E-state index in [0.717, 1.165) is 38.5 Å². The molecule has 0 spiro atoms. The van der Waals surface area contributed by atoms with E-state index in [-0.39, 0.29) is 40.9 Å². The number of rotatable bonds is 4. The molecular formula is C24H39FO4. The molecule has 166 valence electrons. The zero-order valence-corrected chi connectivity index (χ0v) is 18.2. The maximum atomic E-state index is 15.8. The van der Waals surface area contributed by atoms with E-state index in [4.69, 9.17) is 5.11 Å². The molecule has 4 aliphatic carbocycles. The van der Waals surface area contributed by atoms with Gasteiger partial charge in [0.25, 0.3) is 0 Å². The zero-order valence-electron chi connectivity index (χ0n) is 18.2. The smallest absolute Gasteiger partial charge is 0.303 e. The Morgan fingerprint density at radius 3 is 2.38 bits per heavy atom. The van der Waals surface area contributed by atoms with Gasteiger partial charge in [0, 0.05) is 6.42 Å². The average Bonchev–Trinajstić information content (AvgIpc) is 3.02. The van der Waals surface area contributed by atoms with Crippen molar-refractivity contribution in [2.75, 3.05) is 0 Å². The fourth-order valence-corrected chi connectivity index (χ4v) is 8.72. The highest BCUT2D eigenvalue weighted by molar-refractivity contribution is 5.66. The fraction of sp³-hybridized carbons (Fsp3) is 0.958. The third-order valence-electron chi connectivity index (χ3n) is 10.2. The molecule has 0 aromatic heterocycles. The van der Waals surface area contributed by atoms with E-state index < -0.39 is 24.3 Å². The van der Waals surface area contributed by atoms with Gasteiger partial charge in [-0.2, -0.15) is 0 Å². The summed E-state index contributed by atoms with van der Waals surface area (Å²) in [6.45, 7) is 6.75. The van der Waals surface area contributed by atoms with Crippen LogP contribution in [0.2, 0.25) is 0 Å². The number of aliphatic carboxylic acids is 1. The van der Waals surface area contributed by atoms with Crippen molar-refractivity contribution >= 4 is 5.97 Å². The predicted octanol–water partition coefficient (Wildman–Crippen LogP) is 4.43. The van der Waals surface area contributed by atoms with Gasteiger partial charge in [0.2, 0.25) is 0 Å². The molecule has 11 atom stereocenters. The van der Waals surface area contributed by atoms with Gasteiger partial charge in [-0.1, -0.05) is 20.8 Å². The van der Waals surface area contributed by atoms with Crippen molar-refractivity contribution in [2.24, 2.45) is 46.3 Å². The Morgan fingerprint density at radius 1 is 1.03 bits per heavy atom. The summed E-state index contributed by atoms with van der Waals surface area (Å²) in [6, 6.07) is 0. The molecule has 4 nitrogen and oxygen atoms in total. The van der Waals surface area contributed by atoms with Crippen molar-refractivity contribution in [2.45, 2.75) is 96.9 Å². The molecule has 29 heavy (non-hydrogen) atoms. The minimum Gasteiger partial charge on any atom is -0.481 e. The van der Waals surface area contributed by atoms with Crippen LogP contribution in [0.4, 0.5) is 4.39 Å². The standard InChI is InChI=1S/C24H39FO4/c1-13(4-7-19(27)28)15-5-6-16-20-17(9-11-23(15,16)2)24(3)10-8-14(26)12-18(24)22(29)21(20)25/h13-18,20-22,26,29H,4-12H2,1-3H3,(H,27,28)/t13-,14-,15-,16?,17?,18+,20?,21+,22-,23-,24-/m1/s1. The second kappa shape index (κ2) is 7.47. The van der Waals surface area contributed by atoms with Crippen LogP contribution in [-0.2, 0) is 4.79 Å². The zero-order chi connectivity index (χ0) is 21.1. The van der Waals surface area contributed by atoms with Gasteiger partial charge in [0.15, 0.2) is 0 Å². The van der Waals surface area contributed by atoms with E-state index in [1.165, 1.54) is 0 Å². The lowest BCUT2D eigenvalue weighted by molar-refractivity contribution is -0.205. The van der Waals surface area contributed by atoms with Gasteiger partial charge in [-0.05, 0) is 97.7 Å². The van der Waals surface area contributed by atoms with Crippen LogP contribution in [-0.4, -0.2) is 39.7 Å². The number of hydrogen-bond acceptors (Lipinski definition) is 3. The Kier molecular flexibility index (Phi) is 5.55. The van der Waals surface area contributed by atoms with Gasteiger partial charge in [-0.3, -0.25) is 4.79 Å². The lowest BCUT2D eigenvalue weighted by atomic mass is 9.43. The minimum absolute atomic E-state index is 0.0422. The van der Waals surface area contributed by atoms with Crippen LogP contribution in [0.25, 0.3) is 0 Å². The second-order valence-electron chi connectivity index (χ2n) is 11.4. The highest BCUT2D eigenvalue weighted by Gasteiger charge is 2.65. The van der Waals surface area contributed by atoms with E-state index in [1.807, 2.05) is 0 Å². The van der Waals surface area contributed by atoms with E-state index in [2.05, 4.69) is 20.8 Å². The number of carboxylic acids is 1. The van der Waals surface area contributed by atoms with Crippen molar-refractivity contribution in [1.29, 1.82) is 0 Å². The SMILES string of the molecule is C[C@H](CCC(=O)O)[C@H]1CCC2C3C(CC[C@@]21C)[C@@]1(C)CC[C@@H](O)C[C@H]1[C@@H](O)[C@H]3F. The number of hydrogen-bond donors (Lipinski definition) is 3. The van der Waals surface area contributed by atoms with Crippen LogP contribution in [0, 0.1) is 46.3 Å². The molecule has 0 amide bonds. The van der Waals surface area contributed by atoms with Gasteiger partial charge in [-0.15, -0.1) is 0 Å².